The largest absolute Gasteiger partial charge is 0.495 e. The normalized spacial score (nSPS) is 11.6. The number of hydrogen-bond acceptors (Lipinski definition) is 4. The van der Waals surface area contributed by atoms with E-state index in [4.69, 9.17) is 14.2 Å². The maximum absolute atomic E-state index is 13.0. The fourth-order valence-electron chi connectivity index (χ4n) is 3.40. The average Bonchev–Trinajstić information content (AvgIpc) is 3.26. The lowest BCUT2D eigenvalue weighted by molar-refractivity contribution is -0.116. The zero-order chi connectivity index (χ0) is 20.8. The van der Waals surface area contributed by atoms with Crippen LogP contribution in [0.1, 0.15) is 23.6 Å². The van der Waals surface area contributed by atoms with Crippen molar-refractivity contribution in [3.8, 4) is 17.2 Å². The summed E-state index contributed by atoms with van der Waals surface area (Å²) in [6.07, 6.45) is 4.09. The van der Waals surface area contributed by atoms with E-state index in [2.05, 4.69) is 5.32 Å². The number of nitrogens with zero attached hydrogens (tertiary/aromatic N) is 1. The lowest BCUT2D eigenvalue weighted by atomic mass is 10.0. The van der Waals surface area contributed by atoms with Gasteiger partial charge in [-0.15, -0.1) is 0 Å². The molecule has 6 nitrogen and oxygen atoms in total. The fraction of sp³-hybridized carbons (Fsp3) is 0.261. The Hall–Kier alpha value is -3.41. The molecule has 1 atom stereocenters. The molecule has 0 aliphatic rings. The summed E-state index contributed by atoms with van der Waals surface area (Å²) in [4.78, 5) is 13.0. The van der Waals surface area contributed by atoms with Crippen molar-refractivity contribution in [3.63, 3.8) is 0 Å². The number of methoxy groups -OCH3 is 3. The first-order valence-corrected chi connectivity index (χ1v) is 9.35. The standard InChI is InChI=1S/C23H26N2O4/c1-16-10-11-20(27-2)18(14-16)24-22(26)15-19(25-12-5-6-13-25)17-8-7-9-21(28-3)23(17)29-4/h5-14,19H,15H2,1-4H3,(H,24,26)/t19-/m1/s1. The minimum atomic E-state index is -0.258. The summed E-state index contributed by atoms with van der Waals surface area (Å²) in [5, 5.41) is 2.98. The first-order valence-electron chi connectivity index (χ1n) is 9.35. The van der Waals surface area contributed by atoms with Gasteiger partial charge in [0.05, 0.1) is 39.5 Å². The number of anilines is 1. The first-order chi connectivity index (χ1) is 14.1. The van der Waals surface area contributed by atoms with Gasteiger partial charge in [-0.05, 0) is 42.8 Å². The van der Waals surface area contributed by atoms with Crippen LogP contribution in [-0.4, -0.2) is 31.8 Å². The second-order valence-electron chi connectivity index (χ2n) is 6.68. The van der Waals surface area contributed by atoms with E-state index in [9.17, 15) is 4.79 Å². The van der Waals surface area contributed by atoms with Gasteiger partial charge < -0.3 is 24.1 Å². The van der Waals surface area contributed by atoms with Gasteiger partial charge in [0.15, 0.2) is 11.5 Å². The van der Waals surface area contributed by atoms with E-state index >= 15 is 0 Å². The van der Waals surface area contributed by atoms with E-state index in [0.717, 1.165) is 11.1 Å². The maximum atomic E-state index is 13.0. The molecule has 0 bridgehead atoms. The maximum Gasteiger partial charge on any atom is 0.226 e. The van der Waals surface area contributed by atoms with Crippen LogP contribution >= 0.6 is 0 Å². The highest BCUT2D eigenvalue weighted by molar-refractivity contribution is 5.93. The Labute approximate surface area is 171 Å². The monoisotopic (exact) mass is 394 g/mol. The molecule has 152 valence electrons. The number of aryl methyl sites for hydroxylation is 1. The summed E-state index contributed by atoms with van der Waals surface area (Å²) in [6.45, 7) is 1.97. The smallest absolute Gasteiger partial charge is 0.226 e. The van der Waals surface area contributed by atoms with E-state index in [0.29, 0.717) is 22.9 Å². The van der Waals surface area contributed by atoms with Crippen LogP contribution in [0.4, 0.5) is 5.69 Å². The number of hydrogen-bond donors (Lipinski definition) is 1. The predicted molar refractivity (Wildman–Crippen MR) is 113 cm³/mol. The highest BCUT2D eigenvalue weighted by Gasteiger charge is 2.23. The lowest BCUT2D eigenvalue weighted by Gasteiger charge is -2.23. The third-order valence-corrected chi connectivity index (χ3v) is 4.79. The number of carbonyl (C=O) groups excluding carboxylic acids is 1. The van der Waals surface area contributed by atoms with Gasteiger partial charge in [0.25, 0.3) is 0 Å². The summed E-state index contributed by atoms with van der Waals surface area (Å²) in [5.41, 5.74) is 2.56. The minimum absolute atomic E-state index is 0.127. The van der Waals surface area contributed by atoms with Crippen molar-refractivity contribution in [1.82, 2.24) is 4.57 Å². The molecule has 0 fully saturated rings. The van der Waals surface area contributed by atoms with Crippen molar-refractivity contribution >= 4 is 11.6 Å². The molecule has 1 amide bonds. The third-order valence-electron chi connectivity index (χ3n) is 4.79. The molecule has 29 heavy (non-hydrogen) atoms. The molecule has 0 aliphatic heterocycles. The molecule has 0 saturated heterocycles. The van der Waals surface area contributed by atoms with Crippen LogP contribution in [0.25, 0.3) is 0 Å². The number of amides is 1. The van der Waals surface area contributed by atoms with Gasteiger partial charge >= 0.3 is 0 Å². The lowest BCUT2D eigenvalue weighted by Crippen LogP contribution is -2.20. The van der Waals surface area contributed by atoms with Crippen molar-refractivity contribution in [2.75, 3.05) is 26.6 Å². The fourth-order valence-corrected chi connectivity index (χ4v) is 3.40. The predicted octanol–water partition coefficient (Wildman–Crippen LogP) is 4.44. The number of benzene rings is 2. The topological polar surface area (TPSA) is 61.7 Å². The van der Waals surface area contributed by atoms with Gasteiger partial charge in [-0.3, -0.25) is 4.79 Å². The second-order valence-corrected chi connectivity index (χ2v) is 6.68. The molecule has 0 spiro atoms. The molecule has 2 aromatic carbocycles. The number of aromatic nitrogens is 1. The molecule has 0 radical (unpaired) electrons. The minimum Gasteiger partial charge on any atom is -0.495 e. The van der Waals surface area contributed by atoms with E-state index in [1.807, 2.05) is 72.4 Å². The van der Waals surface area contributed by atoms with Crippen LogP contribution in [-0.2, 0) is 4.79 Å². The molecule has 0 aliphatic carbocycles. The summed E-state index contributed by atoms with van der Waals surface area (Å²) in [7, 11) is 4.79. The van der Waals surface area contributed by atoms with Gasteiger partial charge in [-0.1, -0.05) is 18.2 Å². The first kappa shape index (κ1) is 20.3. The van der Waals surface area contributed by atoms with Gasteiger partial charge in [0.1, 0.15) is 5.75 Å². The van der Waals surface area contributed by atoms with Crippen LogP contribution in [0.2, 0.25) is 0 Å². The van der Waals surface area contributed by atoms with Crippen molar-refractivity contribution in [2.24, 2.45) is 0 Å². The summed E-state index contributed by atoms with van der Waals surface area (Å²) in [5.74, 6) is 1.75. The molecule has 3 rings (SSSR count). The Morgan fingerprint density at radius 2 is 1.69 bits per heavy atom. The Balaban J connectivity index is 1.92. The number of carbonyl (C=O) groups is 1. The van der Waals surface area contributed by atoms with Crippen molar-refractivity contribution in [1.29, 1.82) is 0 Å². The molecule has 1 aromatic heterocycles. The van der Waals surface area contributed by atoms with Crippen molar-refractivity contribution in [2.45, 2.75) is 19.4 Å². The summed E-state index contributed by atoms with van der Waals surface area (Å²) >= 11 is 0. The number of rotatable bonds is 8. The van der Waals surface area contributed by atoms with Gasteiger partial charge in [-0.2, -0.15) is 0 Å². The Bertz CT molecular complexity index is 967. The molecular formula is C23H26N2O4. The van der Waals surface area contributed by atoms with Crippen molar-refractivity contribution in [3.05, 3.63) is 72.1 Å². The van der Waals surface area contributed by atoms with E-state index in [1.54, 1.807) is 21.3 Å². The van der Waals surface area contributed by atoms with Crippen LogP contribution in [0.5, 0.6) is 17.2 Å². The van der Waals surface area contributed by atoms with Crippen LogP contribution in [0.15, 0.2) is 60.9 Å². The molecule has 0 saturated carbocycles. The highest BCUT2D eigenvalue weighted by Crippen LogP contribution is 2.38. The van der Waals surface area contributed by atoms with Gasteiger partial charge in [0, 0.05) is 18.0 Å². The van der Waals surface area contributed by atoms with Gasteiger partial charge in [-0.25, -0.2) is 0 Å². The third kappa shape index (κ3) is 4.54. The van der Waals surface area contributed by atoms with Crippen LogP contribution in [0.3, 0.4) is 0 Å². The number of ether oxygens (including phenoxy) is 3. The SMILES string of the molecule is COc1ccc(C)cc1NC(=O)C[C@H](c1cccc(OC)c1OC)n1cccc1. The zero-order valence-corrected chi connectivity index (χ0v) is 17.1. The average molecular weight is 394 g/mol. The molecule has 1 N–H and O–H groups in total. The van der Waals surface area contributed by atoms with E-state index in [1.165, 1.54) is 0 Å². The zero-order valence-electron chi connectivity index (χ0n) is 17.1. The Kier molecular flexibility index (Phi) is 6.44. The molecular weight excluding hydrogens is 368 g/mol. The molecule has 3 aromatic rings. The number of para-hydroxylation sites is 1. The van der Waals surface area contributed by atoms with Crippen LogP contribution < -0.4 is 19.5 Å². The number of nitrogens with one attached hydrogen (secondary N) is 1. The highest BCUT2D eigenvalue weighted by atomic mass is 16.5. The van der Waals surface area contributed by atoms with Crippen molar-refractivity contribution < 1.29 is 19.0 Å². The van der Waals surface area contributed by atoms with Gasteiger partial charge in [0.2, 0.25) is 5.91 Å². The summed E-state index contributed by atoms with van der Waals surface area (Å²) in [6, 6.07) is 15.0. The summed E-state index contributed by atoms with van der Waals surface area (Å²) < 4.78 is 18.4. The Morgan fingerprint density at radius 3 is 2.34 bits per heavy atom. The van der Waals surface area contributed by atoms with E-state index in [-0.39, 0.29) is 18.4 Å². The molecule has 6 heteroatoms. The second kappa shape index (κ2) is 9.19. The van der Waals surface area contributed by atoms with Crippen LogP contribution in [0, 0.1) is 6.92 Å². The molecule has 0 unspecified atom stereocenters. The Morgan fingerprint density at radius 1 is 0.966 bits per heavy atom. The van der Waals surface area contributed by atoms with E-state index < -0.39 is 0 Å². The molecule has 1 heterocycles. The quantitative estimate of drug-likeness (QED) is 0.614.